The molecule has 1 N–H and O–H groups in total. The molecule has 0 aliphatic carbocycles. The molecule has 0 spiro atoms. The third kappa shape index (κ3) is 2.42. The van der Waals surface area contributed by atoms with E-state index in [1.165, 1.54) is 11.8 Å². The van der Waals surface area contributed by atoms with Crippen molar-refractivity contribution in [2.45, 2.75) is 20.0 Å². The van der Waals surface area contributed by atoms with Crippen LogP contribution in [-0.4, -0.2) is 27.9 Å². The van der Waals surface area contributed by atoms with Crippen LogP contribution in [0.1, 0.15) is 19.4 Å². The highest BCUT2D eigenvalue weighted by molar-refractivity contribution is 7.80. The molecular formula is C16H14N2O3S. The predicted molar refractivity (Wildman–Crippen MR) is 85.9 cm³/mol. The molecule has 2 aliphatic heterocycles. The first-order valence-corrected chi connectivity index (χ1v) is 7.23. The molecule has 5 nitrogen and oxygen atoms in total. The zero-order valence-corrected chi connectivity index (χ0v) is 12.9. The number of nitrogens with one attached hydrogen (secondary N) is 1. The number of amides is 2. The van der Waals surface area contributed by atoms with Crippen molar-refractivity contribution in [3.63, 3.8) is 0 Å². The molecule has 2 aliphatic rings. The maximum absolute atomic E-state index is 12.0. The highest BCUT2D eigenvalue weighted by Gasteiger charge is 2.33. The zero-order chi connectivity index (χ0) is 15.9. The summed E-state index contributed by atoms with van der Waals surface area (Å²) in [5.41, 5.74) is 1.96. The fourth-order valence-electron chi connectivity index (χ4n) is 2.45. The van der Waals surface area contributed by atoms with E-state index in [1.807, 2.05) is 37.3 Å². The average Bonchev–Trinajstić information content (AvgIpc) is 2.74. The first kappa shape index (κ1) is 14.5. The molecule has 1 atom stereocenters. The van der Waals surface area contributed by atoms with E-state index in [1.54, 1.807) is 6.08 Å². The Hall–Kier alpha value is -2.47. The Balaban J connectivity index is 2.04. The van der Waals surface area contributed by atoms with Gasteiger partial charge in [0.05, 0.1) is 0 Å². The van der Waals surface area contributed by atoms with Gasteiger partial charge in [-0.3, -0.25) is 19.8 Å². The monoisotopic (exact) mass is 314 g/mol. The molecule has 1 unspecified atom stereocenters. The van der Waals surface area contributed by atoms with Crippen molar-refractivity contribution in [2.24, 2.45) is 0 Å². The summed E-state index contributed by atoms with van der Waals surface area (Å²) in [7, 11) is 0. The Morgan fingerprint density at radius 3 is 2.86 bits per heavy atom. The summed E-state index contributed by atoms with van der Waals surface area (Å²) < 4.78 is 5.83. The Labute approximate surface area is 133 Å². The van der Waals surface area contributed by atoms with Crippen molar-refractivity contribution in [2.75, 3.05) is 0 Å². The number of carbonyl (C=O) groups is 2. The summed E-state index contributed by atoms with van der Waals surface area (Å²) in [6.45, 7) is 3.26. The molecule has 0 saturated carbocycles. The number of carbonyl (C=O) groups excluding carboxylic acids is 2. The van der Waals surface area contributed by atoms with Gasteiger partial charge in [0, 0.05) is 12.5 Å². The van der Waals surface area contributed by atoms with Crippen LogP contribution >= 0.6 is 12.2 Å². The lowest BCUT2D eigenvalue weighted by Crippen LogP contribution is -2.31. The number of hydrogen-bond donors (Lipinski definition) is 1. The van der Waals surface area contributed by atoms with Crippen molar-refractivity contribution in [1.82, 2.24) is 10.2 Å². The van der Waals surface area contributed by atoms with Gasteiger partial charge in [0.2, 0.25) is 5.91 Å². The van der Waals surface area contributed by atoms with E-state index in [0.717, 1.165) is 16.9 Å². The maximum atomic E-state index is 12.0. The van der Waals surface area contributed by atoms with Crippen LogP contribution in [0.4, 0.5) is 0 Å². The minimum Gasteiger partial charge on any atom is -0.485 e. The first-order valence-electron chi connectivity index (χ1n) is 6.82. The molecule has 112 valence electrons. The molecule has 0 radical (unpaired) electrons. The van der Waals surface area contributed by atoms with Crippen molar-refractivity contribution in [3.8, 4) is 5.75 Å². The summed E-state index contributed by atoms with van der Waals surface area (Å²) in [6, 6.07) is 7.65. The second kappa shape index (κ2) is 5.38. The number of benzene rings is 1. The molecule has 3 rings (SSSR count). The number of ether oxygens (including phenoxy) is 1. The van der Waals surface area contributed by atoms with Crippen molar-refractivity contribution in [3.05, 3.63) is 47.2 Å². The van der Waals surface area contributed by atoms with Gasteiger partial charge in [0.15, 0.2) is 5.11 Å². The second-order valence-corrected chi connectivity index (χ2v) is 5.47. The minimum absolute atomic E-state index is 0.106. The Morgan fingerprint density at radius 1 is 1.41 bits per heavy atom. The molecule has 0 bridgehead atoms. The standard InChI is InChI=1S/C16H14N2O3S/c1-9-12(7-11-5-3-4-6-14(11)21-9)8-13-15(20)17-16(22)18(13)10(2)19/h3-9H,1-2H3,(H,17,20,22). The van der Waals surface area contributed by atoms with Gasteiger partial charge in [-0.25, -0.2) is 0 Å². The topological polar surface area (TPSA) is 58.6 Å². The van der Waals surface area contributed by atoms with Gasteiger partial charge >= 0.3 is 0 Å². The van der Waals surface area contributed by atoms with Crippen LogP contribution in [0.5, 0.6) is 5.75 Å². The summed E-state index contributed by atoms with van der Waals surface area (Å²) in [5.74, 6) is 0.110. The smallest absolute Gasteiger partial charge is 0.274 e. The molecule has 1 fully saturated rings. The van der Waals surface area contributed by atoms with E-state index in [4.69, 9.17) is 17.0 Å². The summed E-state index contributed by atoms with van der Waals surface area (Å²) in [6.07, 6.45) is 3.37. The van der Waals surface area contributed by atoms with Gasteiger partial charge in [-0.1, -0.05) is 18.2 Å². The van der Waals surface area contributed by atoms with Crippen LogP contribution in [0.25, 0.3) is 6.08 Å². The van der Waals surface area contributed by atoms with Crippen LogP contribution in [0, 0.1) is 0 Å². The molecule has 1 aromatic carbocycles. The van der Waals surface area contributed by atoms with Gasteiger partial charge in [0.1, 0.15) is 17.6 Å². The van der Waals surface area contributed by atoms with E-state index in [0.29, 0.717) is 0 Å². The molecule has 2 amide bonds. The van der Waals surface area contributed by atoms with Crippen LogP contribution < -0.4 is 10.1 Å². The number of nitrogens with zero attached hydrogens (tertiary/aromatic N) is 1. The SMILES string of the molecule is CC(=O)N1C(=S)NC(=O)C1=CC1=Cc2ccccc2OC1C. The fraction of sp³-hybridized carbons (Fsp3) is 0.188. The van der Waals surface area contributed by atoms with Crippen LogP contribution in [0.3, 0.4) is 0 Å². The molecule has 6 heteroatoms. The van der Waals surface area contributed by atoms with E-state index in [9.17, 15) is 9.59 Å². The van der Waals surface area contributed by atoms with E-state index in [-0.39, 0.29) is 28.7 Å². The summed E-state index contributed by atoms with van der Waals surface area (Å²) in [4.78, 5) is 24.9. The summed E-state index contributed by atoms with van der Waals surface area (Å²) >= 11 is 5.01. The highest BCUT2D eigenvalue weighted by Crippen LogP contribution is 2.31. The Bertz CT molecular complexity index is 752. The predicted octanol–water partition coefficient (Wildman–Crippen LogP) is 2.00. The largest absolute Gasteiger partial charge is 0.485 e. The van der Waals surface area contributed by atoms with Crippen molar-refractivity contribution in [1.29, 1.82) is 0 Å². The number of para-hydroxylation sites is 1. The lowest BCUT2D eigenvalue weighted by molar-refractivity contribution is -0.125. The number of thiocarbonyl (C=S) groups is 1. The van der Waals surface area contributed by atoms with Gasteiger partial charge in [-0.15, -0.1) is 0 Å². The van der Waals surface area contributed by atoms with Gasteiger partial charge in [-0.05, 0) is 42.9 Å². The van der Waals surface area contributed by atoms with Gasteiger partial charge in [0.25, 0.3) is 5.91 Å². The average molecular weight is 314 g/mol. The molecule has 0 aromatic heterocycles. The van der Waals surface area contributed by atoms with Crippen LogP contribution in [0.2, 0.25) is 0 Å². The molecular weight excluding hydrogens is 300 g/mol. The van der Waals surface area contributed by atoms with Crippen molar-refractivity contribution < 1.29 is 14.3 Å². The molecule has 1 aromatic rings. The van der Waals surface area contributed by atoms with Crippen LogP contribution in [0.15, 0.2) is 41.6 Å². The third-order valence-electron chi connectivity index (χ3n) is 3.53. The lowest BCUT2D eigenvalue weighted by atomic mass is 10.0. The van der Waals surface area contributed by atoms with E-state index in [2.05, 4.69) is 5.32 Å². The second-order valence-electron chi connectivity index (χ2n) is 5.09. The normalized spacial score (nSPS) is 22.1. The fourth-order valence-corrected chi connectivity index (χ4v) is 2.77. The Morgan fingerprint density at radius 2 is 2.14 bits per heavy atom. The molecule has 2 heterocycles. The van der Waals surface area contributed by atoms with Gasteiger partial charge in [-0.2, -0.15) is 0 Å². The number of rotatable bonds is 1. The van der Waals surface area contributed by atoms with Crippen LogP contribution in [-0.2, 0) is 9.59 Å². The number of hydrogen-bond acceptors (Lipinski definition) is 4. The lowest BCUT2D eigenvalue weighted by Gasteiger charge is -2.23. The van der Waals surface area contributed by atoms with E-state index >= 15 is 0 Å². The van der Waals surface area contributed by atoms with E-state index < -0.39 is 0 Å². The zero-order valence-electron chi connectivity index (χ0n) is 12.1. The third-order valence-corrected chi connectivity index (χ3v) is 3.81. The number of fused-ring (bicyclic) bond motifs is 1. The first-order chi connectivity index (χ1) is 10.5. The maximum Gasteiger partial charge on any atom is 0.274 e. The molecule has 1 saturated heterocycles. The quantitative estimate of drug-likeness (QED) is 0.636. The van der Waals surface area contributed by atoms with Gasteiger partial charge < -0.3 is 4.74 Å². The minimum atomic E-state index is -0.382. The Kier molecular flexibility index (Phi) is 3.54. The molecule has 22 heavy (non-hydrogen) atoms. The van der Waals surface area contributed by atoms with Crippen molar-refractivity contribution >= 4 is 35.2 Å². The summed E-state index contributed by atoms with van der Waals surface area (Å²) in [5, 5.41) is 2.59. The highest BCUT2D eigenvalue weighted by atomic mass is 32.1.